The van der Waals surface area contributed by atoms with Gasteiger partial charge in [0, 0.05) is 0 Å². The van der Waals surface area contributed by atoms with Gasteiger partial charge in [0.25, 0.3) is 0 Å². The van der Waals surface area contributed by atoms with Crippen LogP contribution in [0.15, 0.2) is 42.0 Å². The molecule has 0 aliphatic heterocycles. The molecular weight excluding hydrogens is 218 g/mol. The minimum absolute atomic E-state index is 0.379. The molecule has 94 valence electrons. The Bertz CT molecular complexity index is 452. The molecule has 0 fully saturated rings. The molecule has 1 heteroatoms. The molecule has 0 saturated carbocycles. The molecule has 0 spiro atoms. The predicted octanol–water partition coefficient (Wildman–Crippen LogP) is 4.75. The molecule has 18 heavy (non-hydrogen) atoms. The maximum atomic E-state index is 9.82. The van der Waals surface area contributed by atoms with E-state index < -0.39 is 0 Å². The average Bonchev–Trinajstić information content (AvgIpc) is 2.47. The third-order valence-corrected chi connectivity index (χ3v) is 3.92. The van der Waals surface area contributed by atoms with Crippen LogP contribution in [0.25, 0.3) is 0 Å². The van der Waals surface area contributed by atoms with Crippen molar-refractivity contribution in [2.24, 2.45) is 0 Å². The molecule has 0 unspecified atom stereocenters. The van der Waals surface area contributed by atoms with Crippen LogP contribution in [0.4, 0.5) is 0 Å². The minimum atomic E-state index is -0.379. The lowest BCUT2D eigenvalue weighted by Crippen LogP contribution is -2.27. The maximum Gasteiger partial charge on any atom is 0.103 e. The summed E-state index contributed by atoms with van der Waals surface area (Å²) in [5.74, 6) is 0. The average molecular weight is 239 g/mol. The van der Waals surface area contributed by atoms with Crippen molar-refractivity contribution in [3.05, 3.63) is 47.5 Å². The van der Waals surface area contributed by atoms with Crippen LogP contribution >= 0.6 is 0 Å². The summed E-state index contributed by atoms with van der Waals surface area (Å²) in [6, 6.07) is 13.0. The number of hydrogen-bond acceptors (Lipinski definition) is 1. The zero-order valence-electron chi connectivity index (χ0n) is 11.2. The first-order valence-corrected chi connectivity index (χ1v) is 7.00. The lowest BCUT2D eigenvalue weighted by atomic mass is 9.69. The molecule has 0 amide bonds. The summed E-state index contributed by atoms with van der Waals surface area (Å²) in [7, 11) is 0. The lowest BCUT2D eigenvalue weighted by molar-refractivity contribution is 0.521. The van der Waals surface area contributed by atoms with Gasteiger partial charge in [0.1, 0.15) is 5.41 Å². The first kappa shape index (κ1) is 12.9. The van der Waals surface area contributed by atoms with Gasteiger partial charge in [0.2, 0.25) is 0 Å². The van der Waals surface area contributed by atoms with Gasteiger partial charge in [0.05, 0.1) is 6.07 Å². The van der Waals surface area contributed by atoms with Gasteiger partial charge in [-0.1, -0.05) is 49.8 Å². The van der Waals surface area contributed by atoms with Crippen molar-refractivity contribution in [3.8, 4) is 6.07 Å². The number of hydrogen-bond donors (Lipinski definition) is 0. The Morgan fingerprint density at radius 3 is 2.56 bits per heavy atom. The van der Waals surface area contributed by atoms with E-state index in [9.17, 15) is 5.26 Å². The van der Waals surface area contributed by atoms with Crippen LogP contribution in [0.1, 0.15) is 51.0 Å². The van der Waals surface area contributed by atoms with E-state index in [2.05, 4.69) is 31.2 Å². The first-order chi connectivity index (χ1) is 8.83. The topological polar surface area (TPSA) is 23.8 Å². The van der Waals surface area contributed by atoms with Crippen LogP contribution in [0.3, 0.4) is 0 Å². The highest BCUT2D eigenvalue weighted by Gasteiger charge is 2.35. The fourth-order valence-electron chi connectivity index (χ4n) is 3.01. The van der Waals surface area contributed by atoms with Crippen molar-refractivity contribution in [2.75, 3.05) is 0 Å². The van der Waals surface area contributed by atoms with Crippen molar-refractivity contribution >= 4 is 0 Å². The smallest absolute Gasteiger partial charge is 0.103 e. The third-order valence-electron chi connectivity index (χ3n) is 3.92. The maximum absolute atomic E-state index is 9.82. The normalized spacial score (nSPS) is 18.6. The van der Waals surface area contributed by atoms with Crippen LogP contribution in [0.5, 0.6) is 0 Å². The van der Waals surface area contributed by atoms with E-state index in [4.69, 9.17) is 0 Å². The second-order valence-electron chi connectivity index (χ2n) is 5.11. The molecule has 0 saturated heterocycles. The number of allylic oxidation sites excluding steroid dienone is 2. The molecule has 1 aliphatic carbocycles. The lowest BCUT2D eigenvalue weighted by Gasteiger charge is -2.32. The van der Waals surface area contributed by atoms with Gasteiger partial charge < -0.3 is 0 Å². The Kier molecular flexibility index (Phi) is 4.20. The van der Waals surface area contributed by atoms with Gasteiger partial charge in [-0.2, -0.15) is 5.26 Å². The summed E-state index contributed by atoms with van der Waals surface area (Å²) in [6.07, 6.45) is 9.00. The molecule has 0 heterocycles. The quantitative estimate of drug-likeness (QED) is 0.696. The fraction of sp³-hybridized carbons (Fsp3) is 0.471. The van der Waals surface area contributed by atoms with Crippen LogP contribution in [0.2, 0.25) is 0 Å². The largest absolute Gasteiger partial charge is 0.197 e. The molecule has 0 bridgehead atoms. The Hall–Kier alpha value is -1.55. The van der Waals surface area contributed by atoms with Gasteiger partial charge in [-0.25, -0.2) is 0 Å². The molecule has 1 aliphatic rings. The van der Waals surface area contributed by atoms with E-state index >= 15 is 0 Å². The minimum Gasteiger partial charge on any atom is -0.197 e. The molecule has 1 nitrogen and oxygen atoms in total. The summed E-state index contributed by atoms with van der Waals surface area (Å²) in [5.41, 5.74) is 2.14. The van der Waals surface area contributed by atoms with Gasteiger partial charge in [0.15, 0.2) is 0 Å². The van der Waals surface area contributed by atoms with Crippen molar-refractivity contribution in [1.29, 1.82) is 5.26 Å². The Morgan fingerprint density at radius 2 is 2.00 bits per heavy atom. The number of nitrogens with zero attached hydrogens (tertiary/aromatic N) is 1. The van der Waals surface area contributed by atoms with Crippen molar-refractivity contribution in [3.63, 3.8) is 0 Å². The number of benzene rings is 1. The van der Waals surface area contributed by atoms with Crippen molar-refractivity contribution in [1.82, 2.24) is 0 Å². The summed E-state index contributed by atoms with van der Waals surface area (Å²) in [5, 5.41) is 9.82. The summed E-state index contributed by atoms with van der Waals surface area (Å²) in [6.45, 7) is 2.17. The highest BCUT2D eigenvalue weighted by atomic mass is 14.4. The Morgan fingerprint density at radius 1 is 1.22 bits per heavy atom. The summed E-state index contributed by atoms with van der Waals surface area (Å²) < 4.78 is 0. The fourth-order valence-corrected chi connectivity index (χ4v) is 3.01. The van der Waals surface area contributed by atoms with Gasteiger partial charge >= 0.3 is 0 Å². The van der Waals surface area contributed by atoms with Crippen LogP contribution in [-0.4, -0.2) is 0 Å². The van der Waals surface area contributed by atoms with Crippen molar-refractivity contribution < 1.29 is 0 Å². The van der Waals surface area contributed by atoms with E-state index in [1.165, 1.54) is 24.0 Å². The number of nitriles is 1. The molecule has 2 rings (SSSR count). The van der Waals surface area contributed by atoms with Crippen molar-refractivity contribution in [2.45, 2.75) is 50.9 Å². The van der Waals surface area contributed by atoms with E-state index in [1.54, 1.807) is 0 Å². The molecule has 0 aromatic heterocycles. The van der Waals surface area contributed by atoms with E-state index in [0.717, 1.165) is 25.7 Å². The standard InChI is InChI=1S/C17H21N/c1-2-13-17(14-18,15-9-5-3-6-10-15)16-11-7-4-8-12-16/h3,5-6,9-11H,2,4,7-8,12-13H2,1H3/t17-/m1/s1. The molecular formula is C17H21N. The van der Waals surface area contributed by atoms with Crippen LogP contribution in [0, 0.1) is 11.3 Å². The van der Waals surface area contributed by atoms with Gasteiger partial charge in [-0.3, -0.25) is 0 Å². The molecule has 1 aromatic rings. The molecule has 0 radical (unpaired) electrons. The van der Waals surface area contributed by atoms with E-state index in [0.29, 0.717) is 0 Å². The predicted molar refractivity (Wildman–Crippen MR) is 75.2 cm³/mol. The Balaban J connectivity index is 2.46. The summed E-state index contributed by atoms with van der Waals surface area (Å²) in [4.78, 5) is 0. The zero-order valence-corrected chi connectivity index (χ0v) is 11.2. The molecule has 1 aromatic carbocycles. The van der Waals surface area contributed by atoms with Gasteiger partial charge in [-0.15, -0.1) is 0 Å². The highest BCUT2D eigenvalue weighted by Crippen LogP contribution is 2.40. The Labute approximate surface area is 110 Å². The summed E-state index contributed by atoms with van der Waals surface area (Å²) >= 11 is 0. The van der Waals surface area contributed by atoms with E-state index in [1.807, 2.05) is 18.2 Å². The van der Waals surface area contributed by atoms with E-state index in [-0.39, 0.29) is 5.41 Å². The molecule has 0 N–H and O–H groups in total. The van der Waals surface area contributed by atoms with Crippen LogP contribution in [-0.2, 0) is 5.41 Å². The first-order valence-electron chi connectivity index (χ1n) is 7.00. The van der Waals surface area contributed by atoms with Gasteiger partial charge in [-0.05, 0) is 43.2 Å². The second kappa shape index (κ2) is 5.87. The monoisotopic (exact) mass is 239 g/mol. The second-order valence-corrected chi connectivity index (χ2v) is 5.11. The SMILES string of the molecule is CCC[C@](C#N)(C1=CCCCC1)c1ccccc1. The van der Waals surface area contributed by atoms with Crippen LogP contribution < -0.4 is 0 Å². The zero-order chi connectivity index (χ0) is 12.8. The molecule has 1 atom stereocenters. The third kappa shape index (κ3) is 2.34. The highest BCUT2D eigenvalue weighted by molar-refractivity contribution is 5.44. The number of rotatable bonds is 4.